The van der Waals surface area contributed by atoms with E-state index in [1.54, 1.807) is 6.07 Å². The Morgan fingerprint density at radius 1 is 1.39 bits per heavy atom. The summed E-state index contributed by atoms with van der Waals surface area (Å²) in [6, 6.07) is 9.24. The zero-order valence-electron chi connectivity index (χ0n) is 10.2. The van der Waals surface area contributed by atoms with E-state index in [1.165, 1.54) is 6.07 Å². The highest BCUT2D eigenvalue weighted by molar-refractivity contribution is 9.10. The van der Waals surface area contributed by atoms with Crippen molar-refractivity contribution in [1.82, 2.24) is 4.57 Å². The van der Waals surface area contributed by atoms with Crippen LogP contribution in [0.25, 0.3) is 0 Å². The molecule has 0 radical (unpaired) electrons. The van der Waals surface area contributed by atoms with Gasteiger partial charge in [0.2, 0.25) is 0 Å². The Bertz CT molecular complexity index is 534. The second kappa shape index (κ2) is 5.67. The Labute approximate surface area is 115 Å². The van der Waals surface area contributed by atoms with E-state index in [4.69, 9.17) is 5.73 Å². The third-order valence-corrected chi connectivity index (χ3v) is 3.30. The number of nitrogens with two attached hydrogens (primary N) is 1. The normalized spacial score (nSPS) is 12.7. The molecule has 0 spiro atoms. The van der Waals surface area contributed by atoms with Crippen molar-refractivity contribution in [2.45, 2.75) is 25.9 Å². The number of nitrogens with zero attached hydrogens (tertiary/aromatic N) is 1. The van der Waals surface area contributed by atoms with Crippen molar-refractivity contribution in [3.05, 3.63) is 58.1 Å². The van der Waals surface area contributed by atoms with Crippen molar-refractivity contribution < 1.29 is 4.39 Å². The number of halogens is 2. The Morgan fingerprint density at radius 2 is 2.17 bits per heavy atom. The molecule has 2 rings (SSSR count). The van der Waals surface area contributed by atoms with E-state index >= 15 is 0 Å². The first-order valence-electron chi connectivity index (χ1n) is 5.90. The second-order valence-electron chi connectivity index (χ2n) is 4.54. The minimum atomic E-state index is -0.190. The van der Waals surface area contributed by atoms with Gasteiger partial charge >= 0.3 is 0 Å². The van der Waals surface area contributed by atoms with E-state index < -0.39 is 0 Å². The highest BCUT2D eigenvalue weighted by Crippen LogP contribution is 2.17. The van der Waals surface area contributed by atoms with E-state index in [0.29, 0.717) is 12.1 Å². The average molecular weight is 311 g/mol. The molecule has 1 aromatic carbocycles. The smallest absolute Gasteiger partial charge is 0.129 e. The Balaban J connectivity index is 2.21. The van der Waals surface area contributed by atoms with Gasteiger partial charge in [-0.2, -0.15) is 0 Å². The van der Waals surface area contributed by atoms with Crippen molar-refractivity contribution in [2.24, 2.45) is 5.73 Å². The van der Waals surface area contributed by atoms with Gasteiger partial charge in [0.05, 0.1) is 6.54 Å². The van der Waals surface area contributed by atoms with Crippen molar-refractivity contribution in [3.8, 4) is 0 Å². The maximum Gasteiger partial charge on any atom is 0.129 e. The van der Waals surface area contributed by atoms with Crippen LogP contribution in [0.2, 0.25) is 0 Å². The van der Waals surface area contributed by atoms with Gasteiger partial charge in [0, 0.05) is 34.4 Å². The van der Waals surface area contributed by atoms with Crippen LogP contribution in [-0.4, -0.2) is 10.6 Å². The SMILES string of the molecule is CC(N)Cc1cccn1Cc1ccc(Br)cc1F. The van der Waals surface area contributed by atoms with Gasteiger partial charge in [0.25, 0.3) is 0 Å². The molecule has 0 saturated heterocycles. The van der Waals surface area contributed by atoms with Gasteiger partial charge in [-0.15, -0.1) is 0 Å². The van der Waals surface area contributed by atoms with E-state index in [2.05, 4.69) is 15.9 Å². The third-order valence-electron chi connectivity index (χ3n) is 2.81. The number of hydrogen-bond acceptors (Lipinski definition) is 1. The molecule has 2 aromatic rings. The van der Waals surface area contributed by atoms with E-state index in [0.717, 1.165) is 16.6 Å². The molecule has 1 unspecified atom stereocenters. The molecule has 4 heteroatoms. The molecule has 0 aliphatic carbocycles. The highest BCUT2D eigenvalue weighted by Gasteiger charge is 2.07. The van der Waals surface area contributed by atoms with E-state index in [1.807, 2.05) is 35.9 Å². The monoisotopic (exact) mass is 310 g/mol. The van der Waals surface area contributed by atoms with Crippen LogP contribution in [0, 0.1) is 5.82 Å². The molecule has 1 atom stereocenters. The van der Waals surface area contributed by atoms with Crippen LogP contribution in [0.4, 0.5) is 4.39 Å². The van der Waals surface area contributed by atoms with Gasteiger partial charge in [0.1, 0.15) is 5.82 Å². The number of aromatic nitrogens is 1. The van der Waals surface area contributed by atoms with Crippen molar-refractivity contribution >= 4 is 15.9 Å². The summed E-state index contributed by atoms with van der Waals surface area (Å²) in [5, 5.41) is 0. The van der Waals surface area contributed by atoms with Crippen LogP contribution < -0.4 is 5.73 Å². The molecule has 1 heterocycles. The quantitative estimate of drug-likeness (QED) is 0.922. The van der Waals surface area contributed by atoms with E-state index in [-0.39, 0.29) is 11.9 Å². The predicted molar refractivity (Wildman–Crippen MR) is 75.0 cm³/mol. The molecule has 0 bridgehead atoms. The topological polar surface area (TPSA) is 30.9 Å². The largest absolute Gasteiger partial charge is 0.347 e. The lowest BCUT2D eigenvalue weighted by Gasteiger charge is -2.12. The molecular formula is C14H16BrFN2. The number of rotatable bonds is 4. The Morgan fingerprint density at radius 3 is 2.83 bits per heavy atom. The summed E-state index contributed by atoms with van der Waals surface area (Å²) < 4.78 is 16.6. The minimum Gasteiger partial charge on any atom is -0.347 e. The Hall–Kier alpha value is -1.13. The van der Waals surface area contributed by atoms with Crippen molar-refractivity contribution in [2.75, 3.05) is 0 Å². The maximum atomic E-state index is 13.8. The first kappa shape index (κ1) is 13.3. The Kier molecular flexibility index (Phi) is 4.19. The molecule has 18 heavy (non-hydrogen) atoms. The highest BCUT2D eigenvalue weighted by atomic mass is 79.9. The van der Waals surface area contributed by atoms with Crippen LogP contribution in [0.15, 0.2) is 41.0 Å². The summed E-state index contributed by atoms with van der Waals surface area (Å²) in [6.45, 7) is 2.51. The molecule has 2 nitrogen and oxygen atoms in total. The van der Waals surface area contributed by atoms with Crippen LogP contribution in [0.5, 0.6) is 0 Å². The molecule has 0 fully saturated rings. The summed E-state index contributed by atoms with van der Waals surface area (Å²) in [7, 11) is 0. The van der Waals surface area contributed by atoms with E-state index in [9.17, 15) is 4.39 Å². The van der Waals surface area contributed by atoms with Gasteiger partial charge in [-0.1, -0.05) is 22.0 Å². The number of hydrogen-bond donors (Lipinski definition) is 1. The summed E-state index contributed by atoms with van der Waals surface area (Å²) >= 11 is 3.26. The summed E-state index contributed by atoms with van der Waals surface area (Å²) in [4.78, 5) is 0. The fraction of sp³-hybridized carbons (Fsp3) is 0.286. The first-order chi connectivity index (χ1) is 8.56. The molecule has 0 aliphatic heterocycles. The van der Waals surface area contributed by atoms with Gasteiger partial charge in [-0.25, -0.2) is 4.39 Å². The van der Waals surface area contributed by atoms with Crippen LogP contribution in [0.1, 0.15) is 18.2 Å². The van der Waals surface area contributed by atoms with Crippen LogP contribution in [0.3, 0.4) is 0 Å². The number of benzene rings is 1. The molecular weight excluding hydrogens is 295 g/mol. The standard InChI is InChI=1S/C14H16BrFN2/c1-10(17)7-13-3-2-6-18(13)9-11-4-5-12(15)8-14(11)16/h2-6,8,10H,7,9,17H2,1H3. The lowest BCUT2D eigenvalue weighted by Crippen LogP contribution is -2.20. The lowest BCUT2D eigenvalue weighted by molar-refractivity contribution is 0.590. The average Bonchev–Trinajstić information content (AvgIpc) is 2.69. The first-order valence-corrected chi connectivity index (χ1v) is 6.69. The van der Waals surface area contributed by atoms with Gasteiger partial charge < -0.3 is 10.3 Å². The zero-order chi connectivity index (χ0) is 13.1. The van der Waals surface area contributed by atoms with Crippen LogP contribution >= 0.6 is 15.9 Å². The molecule has 0 amide bonds. The fourth-order valence-electron chi connectivity index (χ4n) is 1.95. The molecule has 96 valence electrons. The summed E-state index contributed by atoms with van der Waals surface area (Å²) in [5.74, 6) is -0.190. The lowest BCUT2D eigenvalue weighted by atomic mass is 10.2. The van der Waals surface area contributed by atoms with Gasteiger partial charge in [-0.3, -0.25) is 0 Å². The second-order valence-corrected chi connectivity index (χ2v) is 5.46. The predicted octanol–water partition coefficient (Wildman–Crippen LogP) is 3.33. The van der Waals surface area contributed by atoms with Crippen molar-refractivity contribution in [1.29, 1.82) is 0 Å². The minimum absolute atomic E-state index is 0.105. The summed E-state index contributed by atoms with van der Waals surface area (Å²) in [6.07, 6.45) is 2.75. The summed E-state index contributed by atoms with van der Waals surface area (Å²) in [5.41, 5.74) is 7.61. The van der Waals surface area contributed by atoms with Crippen LogP contribution in [-0.2, 0) is 13.0 Å². The maximum absolute atomic E-state index is 13.8. The zero-order valence-corrected chi connectivity index (χ0v) is 11.8. The fourth-order valence-corrected chi connectivity index (χ4v) is 2.29. The molecule has 0 aliphatic rings. The molecule has 0 saturated carbocycles. The third kappa shape index (κ3) is 3.21. The van der Waals surface area contributed by atoms with Gasteiger partial charge in [-0.05, 0) is 31.2 Å². The molecule has 2 N–H and O–H groups in total. The molecule has 1 aromatic heterocycles. The van der Waals surface area contributed by atoms with Gasteiger partial charge in [0.15, 0.2) is 0 Å². The van der Waals surface area contributed by atoms with Crippen molar-refractivity contribution in [3.63, 3.8) is 0 Å².